The molecule has 42 heavy (non-hydrogen) atoms. The van der Waals surface area contributed by atoms with E-state index < -0.39 is 53.1 Å². The second-order valence-electron chi connectivity index (χ2n) is 8.75. The largest absolute Gasteiger partial charge is 0.463 e. The molecule has 2 unspecified atom stereocenters. The van der Waals surface area contributed by atoms with Crippen LogP contribution < -0.4 is 0 Å². The third-order valence-corrected chi connectivity index (χ3v) is 7.03. The molecule has 0 saturated carbocycles. The molecule has 0 bridgehead atoms. The van der Waals surface area contributed by atoms with Crippen molar-refractivity contribution in [2.75, 3.05) is 13.7 Å². The Morgan fingerprint density at radius 2 is 1.83 bits per heavy atom. The number of thioether (sulfide) groups is 1. The predicted molar refractivity (Wildman–Crippen MR) is 142 cm³/mol. The highest BCUT2D eigenvalue weighted by atomic mass is 35.5. The van der Waals surface area contributed by atoms with Gasteiger partial charge < -0.3 is 18.9 Å². The Hall–Kier alpha value is -3.71. The van der Waals surface area contributed by atoms with Crippen molar-refractivity contribution >= 4 is 35.3 Å². The van der Waals surface area contributed by atoms with Crippen LogP contribution in [0.15, 0.2) is 35.5 Å². The van der Waals surface area contributed by atoms with Crippen LogP contribution in [0.2, 0.25) is 5.02 Å². The van der Waals surface area contributed by atoms with Gasteiger partial charge in [0.1, 0.15) is 42.1 Å². The topological polar surface area (TPSA) is 138 Å². The number of ether oxygens (including phenoxy) is 4. The van der Waals surface area contributed by atoms with Gasteiger partial charge in [-0.05, 0) is 25.1 Å². The molecule has 0 radical (unpaired) electrons. The third kappa shape index (κ3) is 8.89. The quantitative estimate of drug-likeness (QED) is 0.116. The van der Waals surface area contributed by atoms with Crippen LogP contribution in [-0.4, -0.2) is 69.4 Å². The first kappa shape index (κ1) is 32.8. The summed E-state index contributed by atoms with van der Waals surface area (Å²) in [6.07, 6.45) is 0.139. The number of hydrogen-bond donors (Lipinski definition) is 0. The summed E-state index contributed by atoms with van der Waals surface area (Å²) < 4.78 is 64.6. The molecule has 3 rings (SSSR count). The summed E-state index contributed by atoms with van der Waals surface area (Å²) in [5, 5.41) is 17.1. The molecule has 2 heterocycles. The Kier molecular flexibility index (Phi) is 11.7. The summed E-state index contributed by atoms with van der Waals surface area (Å²) in [6.45, 7) is 3.70. The van der Waals surface area contributed by atoms with Gasteiger partial charge in [-0.15, -0.1) is 5.10 Å². The molecule has 16 heteroatoms. The zero-order valence-electron chi connectivity index (χ0n) is 22.7. The third-order valence-electron chi connectivity index (χ3n) is 5.60. The van der Waals surface area contributed by atoms with Crippen LogP contribution in [0.1, 0.15) is 26.5 Å². The second kappa shape index (κ2) is 15.0. The summed E-state index contributed by atoms with van der Waals surface area (Å²) in [6, 6.07) is 4.96. The number of methoxy groups -OCH3 is 1. The second-order valence-corrected chi connectivity index (χ2v) is 10.3. The summed E-state index contributed by atoms with van der Waals surface area (Å²) in [7, 11) is 1.39. The van der Waals surface area contributed by atoms with Crippen molar-refractivity contribution in [2.45, 2.75) is 56.0 Å². The van der Waals surface area contributed by atoms with E-state index in [9.17, 15) is 22.8 Å². The van der Waals surface area contributed by atoms with Crippen LogP contribution >= 0.6 is 23.4 Å². The number of pyridine rings is 1. The molecular weight excluding hydrogens is 603 g/mol. The Labute approximate surface area is 247 Å². The highest BCUT2D eigenvalue weighted by molar-refractivity contribution is 7.99. The van der Waals surface area contributed by atoms with Crippen molar-refractivity contribution in [3.8, 4) is 17.3 Å². The number of rotatable bonds is 13. The van der Waals surface area contributed by atoms with Crippen LogP contribution in [-0.2, 0) is 35.1 Å². The zero-order chi connectivity index (χ0) is 31.0. The molecular formula is C26H25ClF3N5O6S. The van der Waals surface area contributed by atoms with E-state index in [0.29, 0.717) is 4.90 Å². The molecule has 2 aromatic heterocycles. The minimum absolute atomic E-state index is 0.0156. The molecule has 0 amide bonds. The average molecular weight is 628 g/mol. The first-order valence-electron chi connectivity index (χ1n) is 12.2. The van der Waals surface area contributed by atoms with E-state index in [0.717, 1.165) is 23.9 Å². The van der Waals surface area contributed by atoms with Gasteiger partial charge >= 0.3 is 11.9 Å². The van der Waals surface area contributed by atoms with Crippen molar-refractivity contribution in [2.24, 2.45) is 0 Å². The highest BCUT2D eigenvalue weighted by Gasteiger charge is 2.32. The van der Waals surface area contributed by atoms with Gasteiger partial charge in [0.25, 0.3) is 0 Å². The number of aromatic nitrogens is 4. The number of halogens is 4. The SMILES string of the molecule is CO[C@@H](Cn1cc(-c2cc(F)c(F)c(F)c2)nn1)C(OC(COC(C)=O)[C@@H](C)OC(C)=O)Sc1cnc(C#N)c(Cl)c1. The maximum atomic E-state index is 13.8. The van der Waals surface area contributed by atoms with Crippen molar-refractivity contribution < 1.29 is 41.7 Å². The number of nitrogens with zero attached hydrogens (tertiary/aromatic N) is 5. The smallest absolute Gasteiger partial charge is 0.302 e. The van der Waals surface area contributed by atoms with E-state index >= 15 is 0 Å². The summed E-state index contributed by atoms with van der Waals surface area (Å²) >= 11 is 7.26. The number of carbonyl (C=O) groups excluding carboxylic acids is 2. The van der Waals surface area contributed by atoms with E-state index in [-0.39, 0.29) is 35.1 Å². The fraction of sp³-hybridized carbons (Fsp3) is 0.385. The van der Waals surface area contributed by atoms with Crippen molar-refractivity contribution in [1.29, 1.82) is 5.26 Å². The number of carbonyl (C=O) groups is 2. The predicted octanol–water partition coefficient (Wildman–Crippen LogP) is 4.32. The van der Waals surface area contributed by atoms with Crippen LogP contribution in [0, 0.1) is 28.8 Å². The lowest BCUT2D eigenvalue weighted by Crippen LogP contribution is -2.42. The monoisotopic (exact) mass is 627 g/mol. The Balaban J connectivity index is 1.93. The minimum Gasteiger partial charge on any atom is -0.463 e. The van der Waals surface area contributed by atoms with Gasteiger partial charge in [0.05, 0.1) is 17.8 Å². The van der Waals surface area contributed by atoms with Crippen LogP contribution in [0.3, 0.4) is 0 Å². The zero-order valence-corrected chi connectivity index (χ0v) is 24.3. The molecule has 3 aromatic rings. The molecule has 0 aliphatic heterocycles. The number of benzene rings is 1. The average Bonchev–Trinajstić information content (AvgIpc) is 3.40. The summed E-state index contributed by atoms with van der Waals surface area (Å²) in [4.78, 5) is 27.7. The first-order valence-corrected chi connectivity index (χ1v) is 13.4. The van der Waals surface area contributed by atoms with E-state index in [1.54, 1.807) is 6.92 Å². The van der Waals surface area contributed by atoms with Crippen molar-refractivity contribution in [1.82, 2.24) is 20.0 Å². The lowest BCUT2D eigenvalue weighted by Gasteiger charge is -2.31. The molecule has 0 fully saturated rings. The van der Waals surface area contributed by atoms with Crippen LogP contribution in [0.5, 0.6) is 0 Å². The van der Waals surface area contributed by atoms with E-state index in [2.05, 4.69) is 15.3 Å². The fourth-order valence-corrected chi connectivity index (χ4v) is 4.95. The molecule has 0 spiro atoms. The lowest BCUT2D eigenvalue weighted by molar-refractivity contribution is -0.166. The van der Waals surface area contributed by atoms with E-state index in [1.165, 1.54) is 44.1 Å². The van der Waals surface area contributed by atoms with Gasteiger partial charge in [0.15, 0.2) is 23.1 Å². The maximum absolute atomic E-state index is 13.8. The summed E-state index contributed by atoms with van der Waals surface area (Å²) in [5.41, 5.74) is -0.884. The number of nitriles is 1. The normalized spacial score (nSPS) is 14.0. The Bertz CT molecular complexity index is 1450. The molecule has 11 nitrogen and oxygen atoms in total. The molecule has 4 atom stereocenters. The van der Waals surface area contributed by atoms with Gasteiger partial charge in [-0.1, -0.05) is 28.6 Å². The molecule has 1 aromatic carbocycles. The Morgan fingerprint density at radius 3 is 2.40 bits per heavy atom. The highest BCUT2D eigenvalue weighted by Crippen LogP contribution is 2.32. The van der Waals surface area contributed by atoms with Crippen molar-refractivity contribution in [3.63, 3.8) is 0 Å². The maximum Gasteiger partial charge on any atom is 0.302 e. The van der Waals surface area contributed by atoms with Gasteiger partial charge in [-0.3, -0.25) is 9.59 Å². The molecule has 0 N–H and O–H groups in total. The lowest BCUT2D eigenvalue weighted by atomic mass is 10.1. The number of hydrogen-bond acceptors (Lipinski definition) is 11. The van der Waals surface area contributed by atoms with Gasteiger partial charge in [-0.25, -0.2) is 22.8 Å². The first-order chi connectivity index (χ1) is 19.9. The van der Waals surface area contributed by atoms with Gasteiger partial charge in [0, 0.05) is 37.6 Å². The van der Waals surface area contributed by atoms with Crippen LogP contribution in [0.25, 0.3) is 11.3 Å². The van der Waals surface area contributed by atoms with Gasteiger partial charge in [-0.2, -0.15) is 5.26 Å². The molecule has 0 aliphatic carbocycles. The fourth-order valence-electron chi connectivity index (χ4n) is 3.57. The van der Waals surface area contributed by atoms with E-state index in [1.807, 2.05) is 6.07 Å². The van der Waals surface area contributed by atoms with Crippen LogP contribution in [0.4, 0.5) is 13.2 Å². The van der Waals surface area contributed by atoms with E-state index in [4.69, 9.17) is 35.8 Å². The minimum atomic E-state index is -1.61. The molecule has 224 valence electrons. The number of esters is 2. The molecule has 0 aliphatic rings. The van der Waals surface area contributed by atoms with Gasteiger partial charge in [0.2, 0.25) is 0 Å². The summed E-state index contributed by atoms with van der Waals surface area (Å²) in [5.74, 6) is -5.54. The van der Waals surface area contributed by atoms with Crippen molar-refractivity contribution in [3.05, 3.63) is 58.8 Å². The standard InChI is InChI=1S/C26H25ClF3N5O6S/c1-13(40-15(3)37)24(12-39-14(2)36)41-26(42-17-7-18(27)21(8-31)32-9-17)23(38-4)11-35-10-22(33-34-35)16-5-19(28)25(30)20(29)6-16/h5-7,9-10,13,23-24,26H,11-12H2,1-4H3/t13-,23+,24?,26?/m1/s1. The molecule has 0 saturated heterocycles. The Morgan fingerprint density at radius 1 is 1.14 bits per heavy atom.